The Bertz CT molecular complexity index is 1310. The van der Waals surface area contributed by atoms with Crippen LogP contribution >= 0.6 is 0 Å². The van der Waals surface area contributed by atoms with Crippen LogP contribution in [0.4, 0.5) is 0 Å². The molecule has 180 valence electrons. The molecule has 35 heavy (non-hydrogen) atoms. The third-order valence-electron chi connectivity index (χ3n) is 5.59. The zero-order valence-corrected chi connectivity index (χ0v) is 19.2. The number of rotatable bonds is 5. The molecular formula is C25H24N4O6. The van der Waals surface area contributed by atoms with Gasteiger partial charge in [0, 0.05) is 23.1 Å². The molecule has 1 aliphatic carbocycles. The van der Waals surface area contributed by atoms with Gasteiger partial charge in [-0.05, 0) is 56.2 Å². The fourth-order valence-corrected chi connectivity index (χ4v) is 3.86. The summed E-state index contributed by atoms with van der Waals surface area (Å²) in [6.07, 6.45) is 1.94. The first-order chi connectivity index (χ1) is 16.9. The van der Waals surface area contributed by atoms with E-state index in [0.717, 1.165) is 6.42 Å². The Hall–Kier alpha value is -4.60. The van der Waals surface area contributed by atoms with Gasteiger partial charge in [0.2, 0.25) is 0 Å². The van der Waals surface area contributed by atoms with Crippen molar-refractivity contribution in [1.82, 2.24) is 16.3 Å². The molecule has 0 spiro atoms. The smallest absolute Gasteiger partial charge is 0.305 e. The molecule has 1 heterocycles. The van der Waals surface area contributed by atoms with E-state index in [4.69, 9.17) is 9.15 Å². The number of benzene rings is 2. The number of phenolic OH excluding ortho intramolecular Hbond substituents is 1. The van der Waals surface area contributed by atoms with Crippen LogP contribution < -0.4 is 21.0 Å². The molecule has 0 saturated heterocycles. The van der Waals surface area contributed by atoms with Gasteiger partial charge in [0.15, 0.2) is 5.76 Å². The summed E-state index contributed by atoms with van der Waals surface area (Å²) in [6, 6.07) is 12.4. The van der Waals surface area contributed by atoms with Crippen LogP contribution in [0.2, 0.25) is 0 Å². The summed E-state index contributed by atoms with van der Waals surface area (Å²) in [5.41, 5.74) is 9.70. The zero-order chi connectivity index (χ0) is 24.9. The maximum Gasteiger partial charge on any atom is 0.305 e. The average Bonchev–Trinajstić information content (AvgIpc) is 3.23. The molecule has 0 aliphatic heterocycles. The van der Waals surface area contributed by atoms with Crippen molar-refractivity contribution in [3.63, 3.8) is 0 Å². The molecule has 0 atom stereocenters. The Labute approximate surface area is 200 Å². The van der Waals surface area contributed by atoms with Gasteiger partial charge in [0.05, 0.1) is 18.4 Å². The highest BCUT2D eigenvalue weighted by molar-refractivity contribution is 6.07. The maximum atomic E-state index is 12.8. The van der Waals surface area contributed by atoms with E-state index in [1.54, 1.807) is 31.2 Å². The average molecular weight is 476 g/mol. The number of fused-ring (bicyclic) bond motifs is 1. The van der Waals surface area contributed by atoms with Crippen molar-refractivity contribution in [2.45, 2.75) is 26.2 Å². The van der Waals surface area contributed by atoms with E-state index in [1.807, 2.05) is 0 Å². The van der Waals surface area contributed by atoms with Crippen molar-refractivity contribution in [1.29, 1.82) is 0 Å². The second-order valence-electron chi connectivity index (χ2n) is 7.86. The Kier molecular flexibility index (Phi) is 6.81. The van der Waals surface area contributed by atoms with Crippen molar-refractivity contribution in [2.75, 3.05) is 7.11 Å². The highest BCUT2D eigenvalue weighted by Crippen LogP contribution is 2.30. The molecule has 0 fully saturated rings. The molecule has 10 nitrogen and oxygen atoms in total. The summed E-state index contributed by atoms with van der Waals surface area (Å²) in [4.78, 5) is 37.6. The van der Waals surface area contributed by atoms with Crippen LogP contribution in [0.5, 0.6) is 11.5 Å². The normalized spacial score (nSPS) is 13.6. The van der Waals surface area contributed by atoms with E-state index in [1.165, 1.54) is 31.4 Å². The number of hydrazine groups is 1. The molecule has 3 amide bonds. The summed E-state index contributed by atoms with van der Waals surface area (Å²) in [5.74, 6) is -0.510. The van der Waals surface area contributed by atoms with Gasteiger partial charge in [-0.2, -0.15) is 5.10 Å². The van der Waals surface area contributed by atoms with Gasteiger partial charge in [-0.25, -0.2) is 5.43 Å². The molecule has 2 aromatic carbocycles. The van der Waals surface area contributed by atoms with Crippen LogP contribution in [0, 0.1) is 6.92 Å². The molecule has 10 heteroatoms. The van der Waals surface area contributed by atoms with Crippen LogP contribution in [0.15, 0.2) is 58.0 Å². The second kappa shape index (κ2) is 10.1. The number of hydrogen-bond donors (Lipinski definition) is 4. The lowest BCUT2D eigenvalue weighted by molar-refractivity contribution is 0.0827. The summed E-state index contributed by atoms with van der Waals surface area (Å²) in [6.45, 7) is 1.72. The third kappa shape index (κ3) is 5.01. The minimum Gasteiger partial charge on any atom is -0.508 e. The minimum atomic E-state index is -0.618. The maximum absolute atomic E-state index is 12.8. The highest BCUT2D eigenvalue weighted by atomic mass is 16.5. The number of phenols is 1. The van der Waals surface area contributed by atoms with Gasteiger partial charge in [0.1, 0.15) is 17.3 Å². The molecule has 4 N–H and O–H groups in total. The van der Waals surface area contributed by atoms with E-state index < -0.39 is 17.7 Å². The number of aryl methyl sites for hydroxylation is 1. The van der Waals surface area contributed by atoms with Gasteiger partial charge in [-0.3, -0.25) is 25.2 Å². The van der Waals surface area contributed by atoms with Gasteiger partial charge in [-0.15, -0.1) is 0 Å². The van der Waals surface area contributed by atoms with Crippen LogP contribution in [-0.2, 0) is 6.42 Å². The number of carbonyl (C=O) groups is 3. The number of hydrogen-bond acceptors (Lipinski definition) is 7. The molecule has 0 saturated carbocycles. The monoisotopic (exact) mass is 476 g/mol. The van der Waals surface area contributed by atoms with Crippen LogP contribution in [0.1, 0.15) is 61.0 Å². The zero-order valence-electron chi connectivity index (χ0n) is 19.2. The predicted molar refractivity (Wildman–Crippen MR) is 126 cm³/mol. The number of ether oxygens (including phenoxy) is 1. The first-order valence-electron chi connectivity index (χ1n) is 10.9. The van der Waals surface area contributed by atoms with Crippen molar-refractivity contribution in [3.05, 3.63) is 82.3 Å². The number of amides is 3. The minimum absolute atomic E-state index is 0.0507. The molecular weight excluding hydrogens is 452 g/mol. The number of nitrogens with one attached hydrogen (secondary N) is 3. The van der Waals surface area contributed by atoms with Crippen molar-refractivity contribution < 1.29 is 28.6 Å². The van der Waals surface area contributed by atoms with Crippen molar-refractivity contribution in [2.24, 2.45) is 5.10 Å². The highest BCUT2D eigenvalue weighted by Gasteiger charge is 2.28. The molecule has 1 aromatic heterocycles. The predicted octanol–water partition coefficient (Wildman–Crippen LogP) is 2.85. The first-order valence-corrected chi connectivity index (χ1v) is 10.9. The standard InChI is InChI=1S/C25H24N4O6/c1-14-21-18(26-27-23(31)15-10-12-16(30)13-11-15)7-5-9-20(21)35-22(14)25(33)29-28-24(32)17-6-3-4-8-19(17)34-2/h3-4,6,8,10-13,30H,5,7,9H2,1-2H3,(H,27,31)(H,28,32)(H,29,33)/b26-18+. The first kappa shape index (κ1) is 23.6. The summed E-state index contributed by atoms with van der Waals surface area (Å²) in [7, 11) is 1.45. The SMILES string of the molecule is COc1ccccc1C(=O)NNC(=O)c1oc2c(c1C)/C(=N/NC(=O)c1ccc(O)cc1)CCC2. The van der Waals surface area contributed by atoms with Gasteiger partial charge < -0.3 is 14.3 Å². The lowest BCUT2D eigenvalue weighted by Gasteiger charge is -2.13. The lowest BCUT2D eigenvalue weighted by atomic mass is 9.93. The topological polar surface area (TPSA) is 142 Å². The number of aromatic hydroxyl groups is 1. The number of furan rings is 1. The van der Waals surface area contributed by atoms with Crippen LogP contribution in [0.3, 0.4) is 0 Å². The number of hydrazone groups is 1. The molecule has 3 aromatic rings. The largest absolute Gasteiger partial charge is 0.508 e. The van der Waals surface area contributed by atoms with Gasteiger partial charge in [-0.1, -0.05) is 12.1 Å². The van der Waals surface area contributed by atoms with Crippen molar-refractivity contribution >= 4 is 23.4 Å². The van der Waals surface area contributed by atoms with E-state index in [0.29, 0.717) is 46.8 Å². The number of para-hydroxylation sites is 1. The van der Waals surface area contributed by atoms with Crippen LogP contribution in [0.25, 0.3) is 0 Å². The summed E-state index contributed by atoms with van der Waals surface area (Å²) < 4.78 is 11.0. The van der Waals surface area contributed by atoms with E-state index >= 15 is 0 Å². The Morgan fingerprint density at radius 3 is 2.43 bits per heavy atom. The number of nitrogens with zero attached hydrogens (tertiary/aromatic N) is 1. The van der Waals surface area contributed by atoms with Gasteiger partial charge in [0.25, 0.3) is 11.8 Å². The molecule has 1 aliphatic rings. The van der Waals surface area contributed by atoms with Crippen molar-refractivity contribution in [3.8, 4) is 11.5 Å². The van der Waals surface area contributed by atoms with E-state index in [-0.39, 0.29) is 17.1 Å². The number of methoxy groups -OCH3 is 1. The fourth-order valence-electron chi connectivity index (χ4n) is 3.86. The van der Waals surface area contributed by atoms with E-state index in [9.17, 15) is 19.5 Å². The quantitative estimate of drug-likeness (QED) is 0.417. The van der Waals surface area contributed by atoms with Gasteiger partial charge >= 0.3 is 5.91 Å². The van der Waals surface area contributed by atoms with Crippen LogP contribution in [-0.4, -0.2) is 35.6 Å². The molecule has 4 rings (SSSR count). The Balaban J connectivity index is 1.48. The lowest BCUT2D eigenvalue weighted by Crippen LogP contribution is -2.41. The summed E-state index contributed by atoms with van der Waals surface area (Å²) >= 11 is 0. The third-order valence-corrected chi connectivity index (χ3v) is 5.59. The summed E-state index contributed by atoms with van der Waals surface area (Å²) in [5, 5.41) is 13.6. The molecule has 0 unspecified atom stereocenters. The second-order valence-corrected chi connectivity index (χ2v) is 7.86. The van der Waals surface area contributed by atoms with E-state index in [2.05, 4.69) is 21.4 Å². The molecule has 0 radical (unpaired) electrons. The molecule has 0 bridgehead atoms. The fraction of sp³-hybridized carbons (Fsp3) is 0.200. The Morgan fingerprint density at radius 2 is 1.69 bits per heavy atom. The number of carbonyl (C=O) groups excluding carboxylic acids is 3. The Morgan fingerprint density at radius 1 is 0.971 bits per heavy atom.